The lowest BCUT2D eigenvalue weighted by Gasteiger charge is -2.26. The Morgan fingerprint density at radius 1 is 1.07 bits per heavy atom. The van der Waals surface area contributed by atoms with Crippen molar-refractivity contribution >= 4 is 29.1 Å². The van der Waals surface area contributed by atoms with Crippen LogP contribution in [0.3, 0.4) is 0 Å². The lowest BCUT2D eigenvalue weighted by molar-refractivity contribution is -0.140. The molecule has 1 fully saturated rings. The maximum absolute atomic E-state index is 12.8. The summed E-state index contributed by atoms with van der Waals surface area (Å²) in [4.78, 5) is 28.9. The molecule has 2 aromatic carbocycles. The summed E-state index contributed by atoms with van der Waals surface area (Å²) in [6.45, 7) is 0.971. The van der Waals surface area contributed by atoms with Crippen LogP contribution in [-0.2, 0) is 9.59 Å². The van der Waals surface area contributed by atoms with Crippen molar-refractivity contribution in [1.29, 1.82) is 0 Å². The number of likely N-dealkylation sites (N-methyl/N-ethyl adjacent to an activating group) is 1. The minimum Gasteiger partial charge on any atom is -0.507 e. The van der Waals surface area contributed by atoms with Crippen LogP contribution in [0.25, 0.3) is 5.76 Å². The molecule has 1 aliphatic rings. The van der Waals surface area contributed by atoms with Crippen LogP contribution < -0.4 is 0 Å². The summed E-state index contributed by atoms with van der Waals surface area (Å²) in [7, 11) is 3.80. The number of aliphatic hydroxyl groups is 1. The number of Topliss-reactive ketones (excluding diaryl/α,β-unsaturated/α-hetero) is 1. The lowest BCUT2D eigenvalue weighted by Crippen LogP contribution is -2.35. The van der Waals surface area contributed by atoms with Gasteiger partial charge in [0.2, 0.25) is 0 Å². The molecule has 6 heteroatoms. The van der Waals surface area contributed by atoms with E-state index in [1.54, 1.807) is 48.5 Å². The summed E-state index contributed by atoms with van der Waals surface area (Å²) >= 11 is 5.99. The van der Waals surface area contributed by atoms with Gasteiger partial charge in [0.05, 0.1) is 11.6 Å². The molecule has 1 saturated heterocycles. The topological polar surface area (TPSA) is 60.9 Å². The lowest BCUT2D eigenvalue weighted by atomic mass is 9.95. The molecule has 5 nitrogen and oxygen atoms in total. The van der Waals surface area contributed by atoms with E-state index in [0.29, 0.717) is 23.7 Å². The van der Waals surface area contributed by atoms with Crippen molar-refractivity contribution in [3.63, 3.8) is 0 Å². The molecule has 0 bridgehead atoms. The first-order valence-electron chi connectivity index (χ1n) is 8.64. The number of aliphatic hydroxyl groups excluding tert-OH is 1. The number of hydrogen-bond donors (Lipinski definition) is 1. The van der Waals surface area contributed by atoms with Gasteiger partial charge < -0.3 is 14.9 Å². The molecule has 1 N–H and O–H groups in total. The Labute approximate surface area is 163 Å². The fourth-order valence-corrected chi connectivity index (χ4v) is 3.29. The Kier molecular flexibility index (Phi) is 5.63. The molecule has 2 aromatic rings. The van der Waals surface area contributed by atoms with Gasteiger partial charge in [-0.1, -0.05) is 54.1 Å². The third-order valence-electron chi connectivity index (χ3n) is 4.56. The first kappa shape index (κ1) is 19.1. The Morgan fingerprint density at radius 3 is 2.30 bits per heavy atom. The highest BCUT2D eigenvalue weighted by molar-refractivity contribution is 6.46. The molecule has 0 aromatic heterocycles. The number of carbonyl (C=O) groups is 2. The zero-order valence-corrected chi connectivity index (χ0v) is 16.0. The van der Waals surface area contributed by atoms with Crippen molar-refractivity contribution in [2.75, 3.05) is 27.2 Å². The second-order valence-corrected chi connectivity index (χ2v) is 7.15. The van der Waals surface area contributed by atoms with Crippen LogP contribution in [-0.4, -0.2) is 53.8 Å². The maximum Gasteiger partial charge on any atom is 0.295 e. The average molecular weight is 385 g/mol. The summed E-state index contributed by atoms with van der Waals surface area (Å²) in [5.41, 5.74) is 1.34. The predicted molar refractivity (Wildman–Crippen MR) is 105 cm³/mol. The van der Waals surface area contributed by atoms with Gasteiger partial charge in [-0.2, -0.15) is 0 Å². The van der Waals surface area contributed by atoms with Gasteiger partial charge in [-0.15, -0.1) is 0 Å². The van der Waals surface area contributed by atoms with Gasteiger partial charge in [-0.05, 0) is 31.8 Å². The highest BCUT2D eigenvalue weighted by Crippen LogP contribution is 2.39. The molecule has 0 saturated carbocycles. The minimum absolute atomic E-state index is 0.104. The SMILES string of the molecule is CN(C)CCN1C(=O)C(=O)/C(=C(/O)c2ccccc2)[C@H]1c1ccc(Cl)cc1. The Bertz CT molecular complexity index is 876. The molecular formula is C21H21ClN2O3. The number of nitrogens with zero attached hydrogens (tertiary/aromatic N) is 2. The molecule has 0 aliphatic carbocycles. The van der Waals surface area contributed by atoms with E-state index in [1.165, 1.54) is 4.90 Å². The highest BCUT2D eigenvalue weighted by atomic mass is 35.5. The van der Waals surface area contributed by atoms with Gasteiger partial charge >= 0.3 is 0 Å². The quantitative estimate of drug-likeness (QED) is 0.488. The van der Waals surface area contributed by atoms with Gasteiger partial charge in [0.25, 0.3) is 11.7 Å². The predicted octanol–water partition coefficient (Wildman–Crippen LogP) is 3.32. The number of amides is 1. The molecular weight excluding hydrogens is 364 g/mol. The smallest absolute Gasteiger partial charge is 0.295 e. The van der Waals surface area contributed by atoms with E-state index in [1.807, 2.05) is 25.1 Å². The summed E-state index contributed by atoms with van der Waals surface area (Å²) in [5, 5.41) is 11.4. The zero-order chi connectivity index (χ0) is 19.6. The average Bonchev–Trinajstić information content (AvgIpc) is 2.91. The van der Waals surface area contributed by atoms with Crippen molar-refractivity contribution in [3.05, 3.63) is 76.3 Å². The number of rotatable bonds is 5. The van der Waals surface area contributed by atoms with E-state index in [0.717, 1.165) is 5.56 Å². The third kappa shape index (κ3) is 3.89. The number of benzene rings is 2. The summed E-state index contributed by atoms with van der Waals surface area (Å²) < 4.78 is 0. The second kappa shape index (κ2) is 7.94. The molecule has 3 rings (SSSR count). The van der Waals surface area contributed by atoms with Gasteiger partial charge in [-0.25, -0.2) is 0 Å². The highest BCUT2D eigenvalue weighted by Gasteiger charge is 2.45. The molecule has 0 spiro atoms. The van der Waals surface area contributed by atoms with Crippen LogP contribution in [0.15, 0.2) is 60.2 Å². The van der Waals surface area contributed by atoms with Crippen molar-refractivity contribution in [2.45, 2.75) is 6.04 Å². The van der Waals surface area contributed by atoms with E-state index >= 15 is 0 Å². The fourth-order valence-electron chi connectivity index (χ4n) is 3.16. The first-order valence-corrected chi connectivity index (χ1v) is 9.02. The van der Waals surface area contributed by atoms with Crippen LogP contribution in [0, 0.1) is 0 Å². The van der Waals surface area contributed by atoms with E-state index in [2.05, 4.69) is 0 Å². The molecule has 1 amide bonds. The molecule has 0 unspecified atom stereocenters. The third-order valence-corrected chi connectivity index (χ3v) is 4.81. The Hall–Kier alpha value is -2.63. The van der Waals surface area contributed by atoms with Crippen LogP contribution in [0.4, 0.5) is 0 Å². The van der Waals surface area contributed by atoms with E-state index in [-0.39, 0.29) is 11.3 Å². The van der Waals surface area contributed by atoms with Crippen molar-refractivity contribution in [2.24, 2.45) is 0 Å². The van der Waals surface area contributed by atoms with E-state index < -0.39 is 17.7 Å². The van der Waals surface area contributed by atoms with Crippen LogP contribution in [0.2, 0.25) is 5.02 Å². The van der Waals surface area contributed by atoms with E-state index in [9.17, 15) is 14.7 Å². The summed E-state index contributed by atoms with van der Waals surface area (Å²) in [6.07, 6.45) is 0. The van der Waals surface area contributed by atoms with Crippen molar-refractivity contribution < 1.29 is 14.7 Å². The molecule has 27 heavy (non-hydrogen) atoms. The van der Waals surface area contributed by atoms with Crippen LogP contribution in [0.1, 0.15) is 17.2 Å². The van der Waals surface area contributed by atoms with Crippen LogP contribution in [0.5, 0.6) is 0 Å². The monoisotopic (exact) mass is 384 g/mol. The number of likely N-dealkylation sites (tertiary alicyclic amines) is 1. The van der Waals surface area contributed by atoms with Gasteiger partial charge in [0.15, 0.2) is 0 Å². The molecule has 140 valence electrons. The van der Waals surface area contributed by atoms with E-state index in [4.69, 9.17) is 11.6 Å². The maximum atomic E-state index is 12.8. The Morgan fingerprint density at radius 2 is 1.70 bits per heavy atom. The zero-order valence-electron chi connectivity index (χ0n) is 15.2. The van der Waals surface area contributed by atoms with Crippen LogP contribution >= 0.6 is 11.6 Å². The van der Waals surface area contributed by atoms with Crippen molar-refractivity contribution in [3.8, 4) is 0 Å². The van der Waals surface area contributed by atoms with Gasteiger partial charge in [0, 0.05) is 23.7 Å². The molecule has 1 heterocycles. The summed E-state index contributed by atoms with van der Waals surface area (Å²) in [5.74, 6) is -1.44. The molecule has 1 aliphatic heterocycles. The normalized spacial score (nSPS) is 19.1. The fraction of sp³-hybridized carbons (Fsp3) is 0.238. The minimum atomic E-state index is -0.671. The summed E-state index contributed by atoms with van der Waals surface area (Å²) in [6, 6.07) is 15.1. The van der Waals surface area contributed by atoms with Gasteiger partial charge in [-0.3, -0.25) is 9.59 Å². The number of carbonyl (C=O) groups excluding carboxylic acids is 2. The number of halogens is 1. The molecule has 1 atom stereocenters. The largest absolute Gasteiger partial charge is 0.507 e. The van der Waals surface area contributed by atoms with Crippen molar-refractivity contribution in [1.82, 2.24) is 9.80 Å². The number of ketones is 1. The number of hydrogen-bond acceptors (Lipinski definition) is 4. The first-order chi connectivity index (χ1) is 12.9. The molecule has 0 radical (unpaired) electrons. The van der Waals surface area contributed by atoms with Gasteiger partial charge in [0.1, 0.15) is 5.76 Å². The Balaban J connectivity index is 2.13. The second-order valence-electron chi connectivity index (χ2n) is 6.71. The standard InChI is InChI=1S/C21H21ClN2O3/c1-23(2)12-13-24-18(14-8-10-16(22)11-9-14)17(20(26)21(24)27)19(25)15-6-4-3-5-7-15/h3-11,18,25H,12-13H2,1-2H3/b19-17+/t18-/m1/s1.